The molecular weight excluding hydrogens is 322 g/mol. The first-order chi connectivity index (χ1) is 12.9. The molecule has 2 aliphatic heterocycles. The van der Waals surface area contributed by atoms with Gasteiger partial charge in [0.1, 0.15) is 12.2 Å². The topological polar surface area (TPSA) is 24.8 Å². The summed E-state index contributed by atoms with van der Waals surface area (Å²) in [5.41, 5.74) is 5.41. The second-order valence-electron chi connectivity index (χ2n) is 7.21. The average Bonchev–Trinajstić information content (AvgIpc) is 3.37. The highest BCUT2D eigenvalue weighted by Gasteiger charge is 2.44. The van der Waals surface area contributed by atoms with Crippen LogP contribution in [0.15, 0.2) is 65.9 Å². The number of morpholine rings is 1. The standard InChI is InChI=1S/C22H24N3O/c1-2-5-21-18(4-1)6-11-22(21)25(15-3-12-23-25)20-9-7-19(8-10-20)24-13-16-26-17-14-24/h1-5,7-10,12,15,22H,6,11,13-14,16-17H2/q+1. The molecule has 0 saturated carbocycles. The van der Waals surface area contributed by atoms with E-state index in [1.165, 1.54) is 22.5 Å². The number of hydrogen-bond donors (Lipinski definition) is 0. The van der Waals surface area contributed by atoms with Gasteiger partial charge in [-0.05, 0) is 24.1 Å². The predicted octanol–water partition coefficient (Wildman–Crippen LogP) is 4.03. The van der Waals surface area contributed by atoms with Crippen LogP contribution in [0.1, 0.15) is 23.6 Å². The summed E-state index contributed by atoms with van der Waals surface area (Å²) in [6.07, 6.45) is 8.52. The fourth-order valence-electron chi connectivity index (χ4n) is 4.54. The van der Waals surface area contributed by atoms with Crippen molar-refractivity contribution >= 4 is 17.6 Å². The van der Waals surface area contributed by atoms with E-state index in [1.807, 2.05) is 6.21 Å². The number of hydrogen-bond acceptors (Lipinski definition) is 3. The Morgan fingerprint density at radius 3 is 2.58 bits per heavy atom. The lowest BCUT2D eigenvalue weighted by Crippen LogP contribution is -2.40. The maximum absolute atomic E-state index is 5.47. The van der Waals surface area contributed by atoms with Gasteiger partial charge in [-0.1, -0.05) is 29.4 Å². The summed E-state index contributed by atoms with van der Waals surface area (Å²) >= 11 is 0. The molecule has 0 N–H and O–H groups in total. The van der Waals surface area contributed by atoms with Crippen LogP contribution in [0.4, 0.5) is 11.4 Å². The average molecular weight is 346 g/mol. The van der Waals surface area contributed by atoms with Gasteiger partial charge < -0.3 is 9.64 Å². The third-order valence-corrected chi connectivity index (χ3v) is 5.87. The molecule has 0 bridgehead atoms. The van der Waals surface area contributed by atoms with Gasteiger partial charge in [-0.25, -0.2) is 0 Å². The molecule has 2 heterocycles. The molecule has 1 fully saturated rings. The fraction of sp³-hybridized carbons (Fsp3) is 0.318. The molecular formula is C22H24N3O+. The highest BCUT2D eigenvalue weighted by atomic mass is 16.5. The lowest BCUT2D eigenvalue weighted by atomic mass is 10.1. The summed E-state index contributed by atoms with van der Waals surface area (Å²) < 4.78 is 6.03. The van der Waals surface area contributed by atoms with Crippen molar-refractivity contribution in [2.75, 3.05) is 31.2 Å². The maximum Gasteiger partial charge on any atom is 0.164 e. The van der Waals surface area contributed by atoms with Crippen molar-refractivity contribution in [3.63, 3.8) is 0 Å². The summed E-state index contributed by atoms with van der Waals surface area (Å²) in [6, 6.07) is 18.2. The molecule has 2 atom stereocenters. The van der Waals surface area contributed by atoms with Crippen LogP contribution < -0.4 is 9.49 Å². The minimum Gasteiger partial charge on any atom is -0.378 e. The third kappa shape index (κ3) is 2.49. The Bertz CT molecular complexity index is 838. The van der Waals surface area contributed by atoms with E-state index in [4.69, 9.17) is 9.84 Å². The van der Waals surface area contributed by atoms with E-state index in [-0.39, 0.29) is 0 Å². The molecule has 2 unspecified atom stereocenters. The highest BCUT2D eigenvalue weighted by molar-refractivity contribution is 5.76. The molecule has 1 saturated heterocycles. The number of quaternary nitrogens is 1. The molecule has 2 aromatic carbocycles. The molecule has 132 valence electrons. The zero-order valence-electron chi connectivity index (χ0n) is 14.9. The molecule has 0 amide bonds. The van der Waals surface area contributed by atoms with Gasteiger partial charge in [0.2, 0.25) is 0 Å². The highest BCUT2D eigenvalue weighted by Crippen LogP contribution is 2.46. The Labute approximate surface area is 154 Å². The Morgan fingerprint density at radius 1 is 1.00 bits per heavy atom. The smallest absolute Gasteiger partial charge is 0.164 e. The minimum atomic E-state index is 0.357. The van der Waals surface area contributed by atoms with Crippen LogP contribution in [0.5, 0.6) is 0 Å². The van der Waals surface area contributed by atoms with Crippen LogP contribution in [0.2, 0.25) is 0 Å². The van der Waals surface area contributed by atoms with Crippen molar-refractivity contribution in [1.82, 2.24) is 4.59 Å². The van der Waals surface area contributed by atoms with E-state index >= 15 is 0 Å². The van der Waals surface area contributed by atoms with Gasteiger partial charge in [0, 0.05) is 49.0 Å². The van der Waals surface area contributed by atoms with Gasteiger partial charge in [-0.3, -0.25) is 0 Å². The van der Waals surface area contributed by atoms with Crippen LogP contribution in [-0.4, -0.2) is 32.5 Å². The number of nitrogens with zero attached hydrogens (tertiary/aromatic N) is 3. The monoisotopic (exact) mass is 346 g/mol. The van der Waals surface area contributed by atoms with Crippen molar-refractivity contribution in [2.45, 2.75) is 18.9 Å². The molecule has 2 aromatic rings. The zero-order valence-corrected chi connectivity index (χ0v) is 14.9. The number of aryl methyl sites for hydroxylation is 1. The molecule has 1 aliphatic carbocycles. The van der Waals surface area contributed by atoms with Crippen LogP contribution in [-0.2, 0) is 11.2 Å². The zero-order chi connectivity index (χ0) is 17.4. The second kappa shape index (κ2) is 6.38. The Morgan fingerprint density at radius 2 is 1.81 bits per heavy atom. The quantitative estimate of drug-likeness (QED) is 0.784. The molecule has 4 heteroatoms. The SMILES string of the molecule is C1=C[N+](c2ccc(N3CCOCC3)cc2)(C2CCc3ccccc32)N=C1. The molecule has 26 heavy (non-hydrogen) atoms. The molecule has 3 aliphatic rings. The Hall–Kier alpha value is -2.43. The number of ether oxygens (including phenoxy) is 1. The Balaban J connectivity index is 1.50. The van der Waals surface area contributed by atoms with Crippen molar-refractivity contribution in [1.29, 1.82) is 0 Å². The van der Waals surface area contributed by atoms with E-state index in [0.29, 0.717) is 10.6 Å². The van der Waals surface area contributed by atoms with Crippen molar-refractivity contribution in [2.24, 2.45) is 5.10 Å². The molecule has 0 aromatic heterocycles. The fourth-order valence-corrected chi connectivity index (χ4v) is 4.54. The van der Waals surface area contributed by atoms with Gasteiger partial charge in [0.25, 0.3) is 0 Å². The van der Waals surface area contributed by atoms with E-state index in [9.17, 15) is 0 Å². The second-order valence-corrected chi connectivity index (χ2v) is 7.21. The van der Waals surface area contributed by atoms with Crippen LogP contribution in [0, 0.1) is 0 Å². The van der Waals surface area contributed by atoms with Gasteiger partial charge in [0.05, 0.1) is 19.4 Å². The largest absolute Gasteiger partial charge is 0.378 e. The van der Waals surface area contributed by atoms with Crippen molar-refractivity contribution in [3.05, 3.63) is 71.9 Å². The Kier molecular flexibility index (Phi) is 3.88. The number of anilines is 1. The van der Waals surface area contributed by atoms with Crippen molar-refractivity contribution in [3.8, 4) is 0 Å². The maximum atomic E-state index is 5.47. The van der Waals surface area contributed by atoms with E-state index in [2.05, 4.69) is 65.7 Å². The first kappa shape index (κ1) is 15.8. The number of rotatable bonds is 3. The van der Waals surface area contributed by atoms with Crippen molar-refractivity contribution < 1.29 is 4.74 Å². The number of allylic oxidation sites excluding steroid dienone is 1. The summed E-state index contributed by atoms with van der Waals surface area (Å²) in [5.74, 6) is 0. The van der Waals surface area contributed by atoms with Gasteiger partial charge in [-0.15, -0.1) is 4.59 Å². The summed E-state index contributed by atoms with van der Waals surface area (Å²) in [4.78, 5) is 2.39. The van der Waals surface area contributed by atoms with E-state index < -0.39 is 0 Å². The predicted molar refractivity (Wildman–Crippen MR) is 106 cm³/mol. The van der Waals surface area contributed by atoms with Crippen LogP contribution in [0.25, 0.3) is 0 Å². The number of fused-ring (bicyclic) bond motifs is 1. The van der Waals surface area contributed by atoms with Crippen LogP contribution >= 0.6 is 0 Å². The first-order valence-electron chi connectivity index (χ1n) is 9.50. The molecule has 4 nitrogen and oxygen atoms in total. The first-order valence-corrected chi connectivity index (χ1v) is 9.50. The van der Waals surface area contributed by atoms with Crippen LogP contribution in [0.3, 0.4) is 0 Å². The number of benzene rings is 2. The normalized spacial score (nSPS) is 27.1. The minimum absolute atomic E-state index is 0.357. The third-order valence-electron chi connectivity index (χ3n) is 5.87. The lowest BCUT2D eigenvalue weighted by Gasteiger charge is -2.33. The van der Waals surface area contributed by atoms with Gasteiger partial charge >= 0.3 is 0 Å². The molecule has 0 radical (unpaired) electrons. The lowest BCUT2D eigenvalue weighted by molar-refractivity contribution is 0.122. The molecule has 5 rings (SSSR count). The molecule has 0 spiro atoms. The van der Waals surface area contributed by atoms with E-state index in [0.717, 1.165) is 39.1 Å². The summed E-state index contributed by atoms with van der Waals surface area (Å²) in [7, 11) is 0. The van der Waals surface area contributed by atoms with Gasteiger partial charge in [-0.2, -0.15) is 0 Å². The summed E-state index contributed by atoms with van der Waals surface area (Å²) in [6.45, 7) is 3.56. The summed E-state index contributed by atoms with van der Waals surface area (Å²) in [5, 5.41) is 4.93. The van der Waals surface area contributed by atoms with Gasteiger partial charge in [0.15, 0.2) is 5.69 Å². The van der Waals surface area contributed by atoms with E-state index in [1.54, 1.807) is 0 Å².